The summed E-state index contributed by atoms with van der Waals surface area (Å²) in [5.41, 5.74) is 1.32. The van der Waals surface area contributed by atoms with Crippen LogP contribution in [0.25, 0.3) is 17.4 Å². The van der Waals surface area contributed by atoms with Crippen molar-refractivity contribution in [3.63, 3.8) is 0 Å². The molecule has 1 saturated heterocycles. The van der Waals surface area contributed by atoms with Crippen molar-refractivity contribution >= 4 is 35.3 Å². The van der Waals surface area contributed by atoms with Crippen molar-refractivity contribution < 1.29 is 19.1 Å². The summed E-state index contributed by atoms with van der Waals surface area (Å²) in [4.78, 5) is 27.0. The Morgan fingerprint density at radius 1 is 1.19 bits per heavy atom. The summed E-state index contributed by atoms with van der Waals surface area (Å²) >= 11 is 5.36. The summed E-state index contributed by atoms with van der Waals surface area (Å²) in [5, 5.41) is 9.60. The molecule has 1 N–H and O–H groups in total. The first kappa shape index (κ1) is 17.9. The molecule has 0 unspecified atom stereocenters. The molecule has 0 atom stereocenters. The van der Waals surface area contributed by atoms with E-state index in [4.69, 9.17) is 21.7 Å². The Morgan fingerprint density at radius 3 is 2.58 bits per heavy atom. The Labute approximate surface area is 156 Å². The molecule has 3 rings (SSSR count). The smallest absolute Gasteiger partial charge is 0.335 e. The van der Waals surface area contributed by atoms with Gasteiger partial charge in [0.1, 0.15) is 17.2 Å². The van der Waals surface area contributed by atoms with Gasteiger partial charge in [0.2, 0.25) is 0 Å². The Bertz CT molecular complexity index is 916. The topological polar surface area (TPSA) is 74.0 Å². The van der Waals surface area contributed by atoms with Gasteiger partial charge in [-0.15, -0.1) is 0 Å². The molecule has 7 heteroatoms. The van der Waals surface area contributed by atoms with Crippen molar-refractivity contribution in [3.05, 3.63) is 53.4 Å². The fourth-order valence-electron chi connectivity index (χ4n) is 2.84. The number of carboxylic acids is 1. The Morgan fingerprint density at radius 2 is 1.92 bits per heavy atom. The lowest BCUT2D eigenvalue weighted by molar-refractivity contribution is -0.122. The second-order valence-corrected chi connectivity index (χ2v) is 6.06. The number of hydrogen-bond acceptors (Lipinski definition) is 4. The predicted octanol–water partition coefficient (Wildman–Crippen LogP) is 3.45. The maximum atomic E-state index is 12.5. The number of furan rings is 1. The van der Waals surface area contributed by atoms with Gasteiger partial charge in [-0.05, 0) is 50.3 Å². The van der Waals surface area contributed by atoms with Crippen LogP contribution in [0.1, 0.15) is 30.0 Å². The molecule has 26 heavy (non-hydrogen) atoms. The fraction of sp³-hybridized carbons (Fsp3) is 0.211. The third-order valence-electron chi connectivity index (χ3n) is 4.15. The molecule has 1 aromatic heterocycles. The number of thiocarbonyl (C=S) groups is 1. The second-order valence-electron chi connectivity index (χ2n) is 5.69. The number of carbonyl (C=O) groups is 2. The molecular weight excluding hydrogens is 352 g/mol. The van der Waals surface area contributed by atoms with Crippen LogP contribution in [0.3, 0.4) is 0 Å². The SMILES string of the molecule is CCN1C(=O)C(=Cc2ccc(-c3cccc(C(=O)O)c3)o2)N(CC)C1=S. The first-order chi connectivity index (χ1) is 12.5. The minimum absolute atomic E-state index is 0.148. The van der Waals surface area contributed by atoms with E-state index in [0.29, 0.717) is 41.0 Å². The van der Waals surface area contributed by atoms with Crippen molar-refractivity contribution in [2.45, 2.75) is 13.8 Å². The van der Waals surface area contributed by atoms with Gasteiger partial charge < -0.3 is 14.4 Å². The van der Waals surface area contributed by atoms with Crippen LogP contribution >= 0.6 is 12.2 Å². The number of carboxylic acid groups (broad SMARTS) is 1. The molecule has 0 bridgehead atoms. The minimum atomic E-state index is -0.996. The van der Waals surface area contributed by atoms with Gasteiger partial charge in [-0.1, -0.05) is 12.1 Å². The number of benzene rings is 1. The summed E-state index contributed by atoms with van der Waals surface area (Å²) in [7, 11) is 0. The van der Waals surface area contributed by atoms with Gasteiger partial charge in [0, 0.05) is 24.7 Å². The number of aromatic carboxylic acids is 1. The number of rotatable bonds is 5. The van der Waals surface area contributed by atoms with Gasteiger partial charge in [0.15, 0.2) is 5.11 Å². The van der Waals surface area contributed by atoms with Gasteiger partial charge >= 0.3 is 5.97 Å². The molecule has 2 aromatic rings. The van der Waals surface area contributed by atoms with E-state index in [1.807, 2.05) is 13.8 Å². The lowest BCUT2D eigenvalue weighted by Crippen LogP contribution is -2.32. The number of hydrogen-bond donors (Lipinski definition) is 1. The number of nitrogens with zero attached hydrogens (tertiary/aromatic N) is 2. The zero-order valence-corrected chi connectivity index (χ0v) is 15.2. The Hall–Kier alpha value is -2.93. The van der Waals surface area contributed by atoms with E-state index in [9.17, 15) is 9.59 Å². The van der Waals surface area contributed by atoms with Crippen LogP contribution in [0.5, 0.6) is 0 Å². The average Bonchev–Trinajstić information content (AvgIpc) is 3.18. The third kappa shape index (κ3) is 3.13. The zero-order chi connectivity index (χ0) is 18.8. The van der Waals surface area contributed by atoms with Crippen molar-refractivity contribution in [1.29, 1.82) is 0 Å². The summed E-state index contributed by atoms with van der Waals surface area (Å²) in [6, 6.07) is 10.00. The molecule has 1 aliphatic heterocycles. The van der Waals surface area contributed by atoms with Crippen LogP contribution in [0, 0.1) is 0 Å². The Balaban J connectivity index is 1.94. The van der Waals surface area contributed by atoms with E-state index in [2.05, 4.69) is 0 Å². The van der Waals surface area contributed by atoms with Gasteiger partial charge in [-0.25, -0.2) is 4.79 Å². The highest BCUT2D eigenvalue weighted by atomic mass is 32.1. The van der Waals surface area contributed by atoms with Gasteiger partial charge in [-0.2, -0.15) is 0 Å². The highest BCUT2D eigenvalue weighted by Gasteiger charge is 2.36. The van der Waals surface area contributed by atoms with Gasteiger partial charge in [0.05, 0.1) is 5.56 Å². The fourth-order valence-corrected chi connectivity index (χ4v) is 3.28. The predicted molar refractivity (Wildman–Crippen MR) is 101 cm³/mol. The molecular formula is C19H18N2O4S. The van der Waals surface area contributed by atoms with E-state index >= 15 is 0 Å². The highest BCUT2D eigenvalue weighted by molar-refractivity contribution is 7.80. The van der Waals surface area contributed by atoms with Crippen LogP contribution in [0.15, 0.2) is 46.5 Å². The molecule has 1 aliphatic rings. The first-order valence-electron chi connectivity index (χ1n) is 8.24. The van der Waals surface area contributed by atoms with E-state index in [1.54, 1.807) is 46.2 Å². The van der Waals surface area contributed by atoms with Crippen LogP contribution in [0.2, 0.25) is 0 Å². The minimum Gasteiger partial charge on any atom is -0.478 e. The van der Waals surface area contributed by atoms with E-state index in [1.165, 1.54) is 6.07 Å². The lowest BCUT2D eigenvalue weighted by Gasteiger charge is -2.16. The van der Waals surface area contributed by atoms with Crippen LogP contribution < -0.4 is 0 Å². The van der Waals surface area contributed by atoms with Crippen molar-refractivity contribution in [1.82, 2.24) is 9.80 Å². The summed E-state index contributed by atoms with van der Waals surface area (Å²) in [6.45, 7) is 4.90. The maximum Gasteiger partial charge on any atom is 0.335 e. The molecule has 2 heterocycles. The summed E-state index contributed by atoms with van der Waals surface area (Å²) in [6.07, 6.45) is 1.67. The molecule has 1 aromatic carbocycles. The summed E-state index contributed by atoms with van der Waals surface area (Å²) in [5.74, 6) is -0.110. The maximum absolute atomic E-state index is 12.5. The molecule has 0 spiro atoms. The molecule has 0 saturated carbocycles. The normalized spacial score (nSPS) is 16.0. The van der Waals surface area contributed by atoms with Crippen LogP contribution in [-0.4, -0.2) is 45.0 Å². The molecule has 134 valence electrons. The van der Waals surface area contributed by atoms with Crippen molar-refractivity contribution in [2.24, 2.45) is 0 Å². The van der Waals surface area contributed by atoms with E-state index in [-0.39, 0.29) is 11.5 Å². The number of carbonyl (C=O) groups excluding carboxylic acids is 1. The monoisotopic (exact) mass is 370 g/mol. The molecule has 0 radical (unpaired) electrons. The van der Waals surface area contributed by atoms with Crippen LogP contribution in [0.4, 0.5) is 0 Å². The number of amides is 1. The van der Waals surface area contributed by atoms with Gasteiger partial charge in [-0.3, -0.25) is 9.69 Å². The zero-order valence-electron chi connectivity index (χ0n) is 14.4. The number of likely N-dealkylation sites (N-methyl/N-ethyl adjacent to an activating group) is 2. The van der Waals surface area contributed by atoms with Crippen molar-refractivity contribution in [3.8, 4) is 11.3 Å². The van der Waals surface area contributed by atoms with Crippen LogP contribution in [-0.2, 0) is 4.79 Å². The molecule has 1 amide bonds. The molecule has 0 aliphatic carbocycles. The third-order valence-corrected chi connectivity index (χ3v) is 4.59. The Kier molecular flexibility index (Phi) is 4.90. The molecule has 1 fully saturated rings. The first-order valence-corrected chi connectivity index (χ1v) is 8.65. The quantitative estimate of drug-likeness (QED) is 0.642. The largest absolute Gasteiger partial charge is 0.478 e. The van der Waals surface area contributed by atoms with Gasteiger partial charge in [0.25, 0.3) is 5.91 Å². The van der Waals surface area contributed by atoms with E-state index in [0.717, 1.165) is 0 Å². The standard InChI is InChI=1S/C19H18N2O4S/c1-3-20-15(17(22)21(4-2)19(20)26)11-14-8-9-16(25-14)12-6-5-7-13(10-12)18(23)24/h5-11H,3-4H2,1-2H3,(H,23,24). The molecule has 6 nitrogen and oxygen atoms in total. The second kappa shape index (κ2) is 7.13. The van der Waals surface area contributed by atoms with E-state index < -0.39 is 5.97 Å². The average molecular weight is 370 g/mol. The van der Waals surface area contributed by atoms with Crippen molar-refractivity contribution in [2.75, 3.05) is 13.1 Å². The highest BCUT2D eigenvalue weighted by Crippen LogP contribution is 2.27. The summed E-state index contributed by atoms with van der Waals surface area (Å²) < 4.78 is 5.80. The lowest BCUT2D eigenvalue weighted by atomic mass is 10.1.